The van der Waals surface area contributed by atoms with Gasteiger partial charge < -0.3 is 9.32 Å². The summed E-state index contributed by atoms with van der Waals surface area (Å²) in [7, 11) is 0. The highest BCUT2D eigenvalue weighted by atomic mass is 16.3. The quantitative estimate of drug-likeness (QED) is 0.181. The third-order valence-corrected chi connectivity index (χ3v) is 10.7. The molecular weight excluding hydrogens is 595 g/mol. The number of para-hydroxylation sites is 2. The van der Waals surface area contributed by atoms with E-state index in [0.717, 1.165) is 50.1 Å². The Bertz CT molecular complexity index is 2750. The second kappa shape index (κ2) is 10.4. The number of benzene rings is 8. The van der Waals surface area contributed by atoms with Crippen LogP contribution in [0.1, 0.15) is 25.0 Å². The molecule has 0 saturated heterocycles. The minimum atomic E-state index is -0.0995. The van der Waals surface area contributed by atoms with Crippen molar-refractivity contribution in [2.24, 2.45) is 0 Å². The molecule has 1 aliphatic carbocycles. The standard InChI is InChI=1S/C47H33NO/c1-47(2)42-18-7-5-13-37(42)38-28-26-33(29-43(38)47)48(44-19-10-16-36-34-12-4-3-11-30(34)23-27-39(36)44)32-24-21-31(22-25-32)35-15-9-17-41-40-14-6-8-20-45(40)49-46(35)41/h3-29H,1-2H3. The van der Waals surface area contributed by atoms with Crippen LogP contribution in [0.15, 0.2) is 168 Å². The molecule has 2 nitrogen and oxygen atoms in total. The van der Waals surface area contributed by atoms with Crippen LogP contribution in [0.25, 0.3) is 65.7 Å². The number of furan rings is 1. The van der Waals surface area contributed by atoms with E-state index in [-0.39, 0.29) is 5.41 Å². The fourth-order valence-electron chi connectivity index (χ4n) is 8.24. The Labute approximate surface area is 285 Å². The zero-order valence-corrected chi connectivity index (χ0v) is 27.4. The fourth-order valence-corrected chi connectivity index (χ4v) is 8.24. The molecule has 0 unspecified atom stereocenters. The van der Waals surface area contributed by atoms with Gasteiger partial charge in [0, 0.05) is 38.5 Å². The third-order valence-electron chi connectivity index (χ3n) is 10.7. The first kappa shape index (κ1) is 27.9. The molecule has 0 radical (unpaired) electrons. The van der Waals surface area contributed by atoms with Gasteiger partial charge in [0.25, 0.3) is 0 Å². The number of hydrogen-bond donors (Lipinski definition) is 0. The van der Waals surface area contributed by atoms with Crippen molar-refractivity contribution in [2.45, 2.75) is 19.3 Å². The Morgan fingerprint density at radius 1 is 0.449 bits per heavy atom. The monoisotopic (exact) mass is 627 g/mol. The van der Waals surface area contributed by atoms with Crippen LogP contribution in [0.2, 0.25) is 0 Å². The zero-order valence-electron chi connectivity index (χ0n) is 27.4. The van der Waals surface area contributed by atoms with Crippen molar-refractivity contribution in [3.63, 3.8) is 0 Å². The van der Waals surface area contributed by atoms with E-state index in [9.17, 15) is 0 Å². The van der Waals surface area contributed by atoms with E-state index in [1.165, 1.54) is 43.8 Å². The Morgan fingerprint density at radius 3 is 2.02 bits per heavy atom. The second-order valence-electron chi connectivity index (χ2n) is 13.7. The van der Waals surface area contributed by atoms with Crippen LogP contribution >= 0.6 is 0 Å². The second-order valence-corrected chi connectivity index (χ2v) is 13.7. The molecule has 0 amide bonds. The van der Waals surface area contributed by atoms with Gasteiger partial charge in [-0.15, -0.1) is 0 Å². The molecule has 0 saturated carbocycles. The molecule has 232 valence electrons. The molecule has 0 fully saturated rings. The smallest absolute Gasteiger partial charge is 0.143 e. The van der Waals surface area contributed by atoms with Gasteiger partial charge in [0.2, 0.25) is 0 Å². The predicted octanol–water partition coefficient (Wildman–Crippen LogP) is 13.3. The first-order chi connectivity index (χ1) is 24.1. The molecule has 0 aliphatic heterocycles. The highest BCUT2D eigenvalue weighted by Crippen LogP contribution is 2.51. The maximum absolute atomic E-state index is 6.42. The Kier molecular flexibility index (Phi) is 5.95. The van der Waals surface area contributed by atoms with Gasteiger partial charge >= 0.3 is 0 Å². The average Bonchev–Trinajstić information content (AvgIpc) is 3.64. The highest BCUT2D eigenvalue weighted by molar-refractivity contribution is 6.13. The van der Waals surface area contributed by atoms with Crippen LogP contribution < -0.4 is 4.90 Å². The lowest BCUT2D eigenvalue weighted by Crippen LogP contribution is -2.16. The predicted molar refractivity (Wildman–Crippen MR) is 206 cm³/mol. The summed E-state index contributed by atoms with van der Waals surface area (Å²) < 4.78 is 6.42. The molecule has 1 aromatic heterocycles. The topological polar surface area (TPSA) is 16.4 Å². The van der Waals surface area contributed by atoms with E-state index in [2.05, 4.69) is 170 Å². The van der Waals surface area contributed by atoms with Gasteiger partial charge in [-0.1, -0.05) is 141 Å². The molecule has 0 N–H and O–H groups in total. The van der Waals surface area contributed by atoms with Crippen LogP contribution in [-0.4, -0.2) is 0 Å². The van der Waals surface area contributed by atoms with Crippen LogP contribution in [0.5, 0.6) is 0 Å². The first-order valence-electron chi connectivity index (χ1n) is 17.0. The summed E-state index contributed by atoms with van der Waals surface area (Å²) in [6.07, 6.45) is 0. The number of anilines is 3. The molecule has 1 heterocycles. The van der Waals surface area contributed by atoms with E-state index in [1.54, 1.807) is 0 Å². The average molecular weight is 628 g/mol. The van der Waals surface area contributed by atoms with Crippen molar-refractivity contribution < 1.29 is 4.42 Å². The fraction of sp³-hybridized carbons (Fsp3) is 0.0638. The van der Waals surface area contributed by atoms with Crippen LogP contribution in [0, 0.1) is 0 Å². The summed E-state index contributed by atoms with van der Waals surface area (Å²) in [5, 5.41) is 7.28. The Morgan fingerprint density at radius 2 is 1.12 bits per heavy atom. The lowest BCUT2D eigenvalue weighted by molar-refractivity contribution is 0.660. The van der Waals surface area contributed by atoms with E-state index in [1.807, 2.05) is 12.1 Å². The summed E-state index contributed by atoms with van der Waals surface area (Å²) in [5.41, 5.74) is 12.8. The van der Waals surface area contributed by atoms with Crippen LogP contribution in [0.4, 0.5) is 17.1 Å². The Balaban J connectivity index is 1.17. The first-order valence-corrected chi connectivity index (χ1v) is 17.0. The third kappa shape index (κ3) is 4.14. The summed E-state index contributed by atoms with van der Waals surface area (Å²) in [6.45, 7) is 4.70. The molecule has 49 heavy (non-hydrogen) atoms. The van der Waals surface area contributed by atoms with Crippen molar-refractivity contribution in [3.8, 4) is 22.3 Å². The van der Waals surface area contributed by atoms with E-state index < -0.39 is 0 Å². The Hall–Kier alpha value is -6.12. The molecule has 0 spiro atoms. The van der Waals surface area contributed by atoms with E-state index in [4.69, 9.17) is 4.42 Å². The van der Waals surface area contributed by atoms with Crippen molar-refractivity contribution >= 4 is 60.5 Å². The normalized spacial score (nSPS) is 13.3. The van der Waals surface area contributed by atoms with Gasteiger partial charge in [0.05, 0.1) is 5.69 Å². The van der Waals surface area contributed by atoms with Crippen LogP contribution in [-0.2, 0) is 5.41 Å². The molecule has 2 heteroatoms. The minimum absolute atomic E-state index is 0.0995. The summed E-state index contributed by atoms with van der Waals surface area (Å²) in [5.74, 6) is 0. The van der Waals surface area contributed by atoms with E-state index in [0.29, 0.717) is 0 Å². The van der Waals surface area contributed by atoms with Crippen molar-refractivity contribution in [1.29, 1.82) is 0 Å². The maximum Gasteiger partial charge on any atom is 0.143 e. The van der Waals surface area contributed by atoms with Gasteiger partial charge in [-0.05, 0) is 80.4 Å². The van der Waals surface area contributed by atoms with Gasteiger partial charge in [-0.2, -0.15) is 0 Å². The number of nitrogens with zero attached hydrogens (tertiary/aromatic N) is 1. The van der Waals surface area contributed by atoms with Crippen LogP contribution in [0.3, 0.4) is 0 Å². The lowest BCUT2D eigenvalue weighted by atomic mass is 9.82. The molecule has 1 aliphatic rings. The summed E-state index contributed by atoms with van der Waals surface area (Å²) in [6, 6.07) is 59.5. The molecule has 0 atom stereocenters. The van der Waals surface area contributed by atoms with Gasteiger partial charge in [0.1, 0.15) is 11.2 Å². The van der Waals surface area contributed by atoms with Crippen molar-refractivity contribution in [1.82, 2.24) is 0 Å². The zero-order chi connectivity index (χ0) is 32.7. The summed E-state index contributed by atoms with van der Waals surface area (Å²) in [4.78, 5) is 2.43. The van der Waals surface area contributed by atoms with Gasteiger partial charge in [-0.25, -0.2) is 0 Å². The molecule has 10 rings (SSSR count). The van der Waals surface area contributed by atoms with E-state index >= 15 is 0 Å². The summed E-state index contributed by atoms with van der Waals surface area (Å²) >= 11 is 0. The number of rotatable bonds is 4. The molecule has 9 aromatic rings. The lowest BCUT2D eigenvalue weighted by Gasteiger charge is -2.29. The van der Waals surface area contributed by atoms with Gasteiger partial charge in [0.15, 0.2) is 0 Å². The largest absolute Gasteiger partial charge is 0.455 e. The van der Waals surface area contributed by atoms with Gasteiger partial charge in [-0.3, -0.25) is 0 Å². The van der Waals surface area contributed by atoms with Crippen molar-refractivity contribution in [2.75, 3.05) is 4.90 Å². The SMILES string of the molecule is CC1(C)c2ccccc2-c2ccc(N(c3ccc(-c4cccc5c4oc4ccccc45)cc3)c3cccc4c3ccc3ccccc34)cc21. The molecular formula is C47H33NO. The highest BCUT2D eigenvalue weighted by Gasteiger charge is 2.35. The minimum Gasteiger partial charge on any atom is -0.455 e. The molecule has 0 bridgehead atoms. The van der Waals surface area contributed by atoms with Crippen molar-refractivity contribution in [3.05, 3.63) is 175 Å². The molecule has 8 aromatic carbocycles. The maximum atomic E-state index is 6.42. The number of hydrogen-bond acceptors (Lipinski definition) is 2. The number of fused-ring (bicyclic) bond motifs is 9.